The average Bonchev–Trinajstić information content (AvgIpc) is 2.74. The van der Waals surface area contributed by atoms with Crippen LogP contribution in [0.1, 0.15) is 89.5 Å². The van der Waals surface area contributed by atoms with E-state index >= 15 is 0 Å². The molecule has 3 unspecified atom stereocenters. The van der Waals surface area contributed by atoms with Gasteiger partial charge in [0.25, 0.3) is 0 Å². The molecule has 1 aliphatic carbocycles. The number of aliphatic hydroxyl groups is 2. The first-order valence-corrected chi connectivity index (χ1v) is 11.8. The van der Waals surface area contributed by atoms with E-state index in [0.717, 1.165) is 56.9 Å². The van der Waals surface area contributed by atoms with Gasteiger partial charge in [-0.05, 0) is 68.6 Å². The smallest absolute Gasteiger partial charge is 0.161 e. The number of carbonyl (C=O) groups is 1. The normalized spacial score (nSPS) is 20.1. The molecule has 3 N–H and O–H groups in total. The van der Waals surface area contributed by atoms with Crippen LogP contribution in [0, 0.1) is 5.92 Å². The van der Waals surface area contributed by atoms with E-state index in [1.807, 2.05) is 12.1 Å². The monoisotopic (exact) mass is 420 g/mol. The molecule has 170 valence electrons. The summed E-state index contributed by atoms with van der Waals surface area (Å²) in [6.45, 7) is 2.32. The number of phenols is 1. The van der Waals surface area contributed by atoms with Crippen LogP contribution in [0.4, 0.5) is 0 Å². The minimum absolute atomic E-state index is 0.0614. The summed E-state index contributed by atoms with van der Waals surface area (Å²) >= 11 is 0. The van der Waals surface area contributed by atoms with Crippen molar-refractivity contribution < 1.29 is 24.9 Å². The Kier molecular flexibility index (Phi) is 11.2. The number of benzene rings is 1. The van der Waals surface area contributed by atoms with Crippen LogP contribution in [0.2, 0.25) is 0 Å². The van der Waals surface area contributed by atoms with E-state index in [1.54, 1.807) is 6.07 Å². The van der Waals surface area contributed by atoms with Crippen LogP contribution in [-0.2, 0) is 11.2 Å². The van der Waals surface area contributed by atoms with Crippen molar-refractivity contribution in [3.63, 3.8) is 0 Å². The zero-order chi connectivity index (χ0) is 21.8. The molecule has 1 saturated carbocycles. The number of aryl methyl sites for hydroxylation is 1. The maximum atomic E-state index is 12.2. The number of unbranched alkanes of at least 4 members (excludes halogenated alkanes) is 2. The first kappa shape index (κ1) is 24.7. The standard InChI is InChI=1S/C25H40O5/c1-2-3-4-10-21(27)18-22(28)14-12-19-13-15-23(29)25(17-19)30-24-11-6-5-8-20(24)9-7-16-26/h13,15,17,20-21,24,26-27,29H,2-12,14,16,18H2,1H3. The average molecular weight is 421 g/mol. The Balaban J connectivity index is 1.87. The van der Waals surface area contributed by atoms with E-state index in [1.165, 1.54) is 6.42 Å². The van der Waals surface area contributed by atoms with Gasteiger partial charge in [-0.2, -0.15) is 0 Å². The number of hydrogen-bond acceptors (Lipinski definition) is 5. The number of Topliss-reactive ketones (excluding diaryl/α,β-unsaturated/α-hetero) is 1. The van der Waals surface area contributed by atoms with Gasteiger partial charge in [-0.25, -0.2) is 0 Å². The number of ketones is 1. The third kappa shape index (κ3) is 8.65. The van der Waals surface area contributed by atoms with E-state index < -0.39 is 6.10 Å². The van der Waals surface area contributed by atoms with Crippen molar-refractivity contribution in [1.29, 1.82) is 0 Å². The molecule has 5 heteroatoms. The van der Waals surface area contributed by atoms with Crippen molar-refractivity contribution in [2.45, 2.75) is 103 Å². The highest BCUT2D eigenvalue weighted by Gasteiger charge is 2.27. The lowest BCUT2D eigenvalue weighted by atomic mass is 9.83. The summed E-state index contributed by atoms with van der Waals surface area (Å²) in [5.41, 5.74) is 0.958. The fourth-order valence-corrected chi connectivity index (χ4v) is 4.36. The maximum Gasteiger partial charge on any atom is 0.161 e. The topological polar surface area (TPSA) is 87.0 Å². The largest absolute Gasteiger partial charge is 0.504 e. The highest BCUT2D eigenvalue weighted by Crippen LogP contribution is 2.35. The molecule has 30 heavy (non-hydrogen) atoms. The molecule has 2 rings (SSSR count). The molecule has 1 fully saturated rings. The molecule has 3 atom stereocenters. The first-order valence-electron chi connectivity index (χ1n) is 11.8. The molecule has 0 bridgehead atoms. The van der Waals surface area contributed by atoms with Gasteiger partial charge in [0.1, 0.15) is 11.9 Å². The van der Waals surface area contributed by atoms with E-state index in [9.17, 15) is 15.0 Å². The van der Waals surface area contributed by atoms with Crippen molar-refractivity contribution in [2.24, 2.45) is 5.92 Å². The van der Waals surface area contributed by atoms with Crippen molar-refractivity contribution in [2.75, 3.05) is 6.61 Å². The second kappa shape index (κ2) is 13.7. The molecule has 0 aliphatic heterocycles. The summed E-state index contributed by atoms with van der Waals surface area (Å²) in [6.07, 6.45) is 10.7. The summed E-state index contributed by atoms with van der Waals surface area (Å²) in [4.78, 5) is 12.2. The Hall–Kier alpha value is -1.59. The van der Waals surface area contributed by atoms with Gasteiger partial charge in [0, 0.05) is 19.4 Å². The lowest BCUT2D eigenvalue weighted by Gasteiger charge is -2.32. The number of aliphatic hydroxyl groups excluding tert-OH is 2. The molecule has 0 aromatic heterocycles. The highest BCUT2D eigenvalue weighted by atomic mass is 16.5. The predicted octanol–water partition coefficient (Wildman–Crippen LogP) is 4.94. The zero-order valence-electron chi connectivity index (χ0n) is 18.5. The molecular weight excluding hydrogens is 380 g/mol. The van der Waals surface area contributed by atoms with Crippen LogP contribution in [0.3, 0.4) is 0 Å². The van der Waals surface area contributed by atoms with Gasteiger partial charge >= 0.3 is 0 Å². The Morgan fingerprint density at radius 1 is 1.20 bits per heavy atom. The molecule has 0 heterocycles. The lowest BCUT2D eigenvalue weighted by Crippen LogP contribution is -2.30. The van der Waals surface area contributed by atoms with Crippen molar-refractivity contribution in [1.82, 2.24) is 0 Å². The van der Waals surface area contributed by atoms with Crippen molar-refractivity contribution >= 4 is 5.78 Å². The third-order valence-electron chi connectivity index (χ3n) is 6.17. The Morgan fingerprint density at radius 3 is 2.77 bits per heavy atom. The molecule has 0 spiro atoms. The van der Waals surface area contributed by atoms with Gasteiger partial charge in [-0.3, -0.25) is 4.79 Å². The number of rotatable bonds is 14. The second-order valence-corrected chi connectivity index (χ2v) is 8.76. The quantitative estimate of drug-likeness (QED) is 0.371. The minimum atomic E-state index is -0.537. The summed E-state index contributed by atoms with van der Waals surface area (Å²) in [7, 11) is 0. The van der Waals surface area contributed by atoms with Gasteiger partial charge in [-0.1, -0.05) is 38.7 Å². The maximum absolute atomic E-state index is 12.2. The second-order valence-electron chi connectivity index (χ2n) is 8.76. The van der Waals surface area contributed by atoms with Crippen LogP contribution < -0.4 is 4.74 Å². The van der Waals surface area contributed by atoms with Gasteiger partial charge in [0.2, 0.25) is 0 Å². The predicted molar refractivity (Wildman–Crippen MR) is 119 cm³/mol. The van der Waals surface area contributed by atoms with Crippen LogP contribution in [0.5, 0.6) is 11.5 Å². The third-order valence-corrected chi connectivity index (χ3v) is 6.17. The number of aromatic hydroxyl groups is 1. The summed E-state index contributed by atoms with van der Waals surface area (Å²) < 4.78 is 6.21. The highest BCUT2D eigenvalue weighted by molar-refractivity contribution is 5.79. The van der Waals surface area contributed by atoms with Crippen molar-refractivity contribution in [3.05, 3.63) is 23.8 Å². The summed E-state index contributed by atoms with van der Waals surface area (Å²) in [5.74, 6) is 1.10. The van der Waals surface area contributed by atoms with Gasteiger partial charge < -0.3 is 20.1 Å². The molecule has 0 amide bonds. The fraction of sp³-hybridized carbons (Fsp3) is 0.720. The van der Waals surface area contributed by atoms with Gasteiger partial charge in [0.15, 0.2) is 11.5 Å². The molecular formula is C25H40O5. The molecule has 1 aromatic rings. The lowest BCUT2D eigenvalue weighted by molar-refractivity contribution is -0.121. The SMILES string of the molecule is CCCCCC(O)CC(=O)CCc1ccc(O)c(OC2CCCCC2CCCO)c1. The minimum Gasteiger partial charge on any atom is -0.504 e. The van der Waals surface area contributed by atoms with Crippen LogP contribution >= 0.6 is 0 Å². The Bertz CT molecular complexity index is 630. The van der Waals surface area contributed by atoms with Gasteiger partial charge in [-0.15, -0.1) is 0 Å². The first-order chi connectivity index (χ1) is 14.5. The number of phenolic OH excluding ortho intramolecular Hbond substituents is 1. The van der Waals surface area contributed by atoms with E-state index in [4.69, 9.17) is 9.84 Å². The van der Waals surface area contributed by atoms with Crippen LogP contribution in [-0.4, -0.2) is 39.9 Å². The van der Waals surface area contributed by atoms with Crippen LogP contribution in [0.15, 0.2) is 18.2 Å². The zero-order valence-corrected chi connectivity index (χ0v) is 18.5. The van der Waals surface area contributed by atoms with Crippen molar-refractivity contribution in [3.8, 4) is 11.5 Å². The molecule has 1 aromatic carbocycles. The van der Waals surface area contributed by atoms with Gasteiger partial charge in [0.05, 0.1) is 6.10 Å². The Labute approximate surface area is 181 Å². The molecule has 0 radical (unpaired) electrons. The fourth-order valence-electron chi connectivity index (χ4n) is 4.36. The number of carbonyl (C=O) groups excluding carboxylic acids is 1. The van der Waals surface area contributed by atoms with E-state index in [0.29, 0.717) is 30.9 Å². The van der Waals surface area contributed by atoms with E-state index in [2.05, 4.69) is 6.92 Å². The molecule has 5 nitrogen and oxygen atoms in total. The Morgan fingerprint density at radius 2 is 2.00 bits per heavy atom. The number of hydrogen-bond donors (Lipinski definition) is 3. The van der Waals surface area contributed by atoms with E-state index in [-0.39, 0.29) is 30.7 Å². The number of ether oxygens (including phenoxy) is 1. The summed E-state index contributed by atoms with van der Waals surface area (Å²) in [6, 6.07) is 5.32. The van der Waals surface area contributed by atoms with Crippen LogP contribution in [0.25, 0.3) is 0 Å². The molecule has 1 aliphatic rings. The molecule has 0 saturated heterocycles. The summed E-state index contributed by atoms with van der Waals surface area (Å²) in [5, 5.41) is 29.4.